The summed E-state index contributed by atoms with van der Waals surface area (Å²) in [5, 5.41) is 11.2. The summed E-state index contributed by atoms with van der Waals surface area (Å²) in [5.74, 6) is 0.713. The molecule has 0 aromatic heterocycles. The van der Waals surface area contributed by atoms with Crippen LogP contribution in [-0.2, 0) is 9.59 Å². The van der Waals surface area contributed by atoms with Crippen LogP contribution in [0.15, 0.2) is 0 Å². The Kier molecular flexibility index (Phi) is 5.45. The van der Waals surface area contributed by atoms with Crippen molar-refractivity contribution in [2.24, 2.45) is 17.8 Å². The van der Waals surface area contributed by atoms with Crippen LogP contribution in [-0.4, -0.2) is 23.5 Å². The molecular formula is C13H23NO3. The van der Waals surface area contributed by atoms with Gasteiger partial charge in [0, 0.05) is 12.5 Å². The van der Waals surface area contributed by atoms with Gasteiger partial charge in [-0.05, 0) is 37.5 Å². The molecule has 4 heteroatoms. The maximum absolute atomic E-state index is 11.8. The molecule has 1 aliphatic rings. The number of aliphatic carboxylic acids is 1. The van der Waals surface area contributed by atoms with Crippen molar-refractivity contribution in [2.75, 3.05) is 6.54 Å². The molecule has 0 spiro atoms. The Morgan fingerprint density at radius 1 is 1.24 bits per heavy atom. The Morgan fingerprint density at radius 3 is 2.29 bits per heavy atom. The lowest BCUT2D eigenvalue weighted by Crippen LogP contribution is -2.35. The minimum absolute atomic E-state index is 0.00702. The van der Waals surface area contributed by atoms with E-state index in [9.17, 15) is 9.59 Å². The van der Waals surface area contributed by atoms with E-state index in [-0.39, 0.29) is 24.8 Å². The molecule has 1 saturated carbocycles. The zero-order valence-electron chi connectivity index (χ0n) is 10.7. The summed E-state index contributed by atoms with van der Waals surface area (Å²) in [6, 6.07) is 0. The fourth-order valence-electron chi connectivity index (χ4n) is 2.49. The summed E-state index contributed by atoms with van der Waals surface area (Å²) in [6.45, 7) is 4.72. The molecule has 0 aliphatic heterocycles. The highest BCUT2D eigenvalue weighted by Crippen LogP contribution is 2.33. The van der Waals surface area contributed by atoms with Gasteiger partial charge in [-0.15, -0.1) is 0 Å². The van der Waals surface area contributed by atoms with Gasteiger partial charge in [-0.2, -0.15) is 0 Å². The van der Waals surface area contributed by atoms with Crippen molar-refractivity contribution in [3.05, 3.63) is 0 Å². The second kappa shape index (κ2) is 6.62. The standard InChI is InChI=1S/C13H23NO3/c1-9(2)10-3-5-11(6-4-10)13(17)14-8-7-12(15)16/h9-11H,3-8H2,1-2H3,(H,14,17)(H,15,16). The third kappa shape index (κ3) is 4.75. The number of carboxylic acid groups (broad SMARTS) is 1. The molecule has 98 valence electrons. The smallest absolute Gasteiger partial charge is 0.305 e. The van der Waals surface area contributed by atoms with E-state index in [1.165, 1.54) is 0 Å². The van der Waals surface area contributed by atoms with E-state index in [0.717, 1.165) is 31.6 Å². The van der Waals surface area contributed by atoms with Crippen LogP contribution in [0, 0.1) is 17.8 Å². The van der Waals surface area contributed by atoms with E-state index in [0.29, 0.717) is 5.92 Å². The third-order valence-corrected chi connectivity index (χ3v) is 3.72. The molecule has 0 atom stereocenters. The van der Waals surface area contributed by atoms with Crippen molar-refractivity contribution >= 4 is 11.9 Å². The highest BCUT2D eigenvalue weighted by molar-refractivity contribution is 5.79. The lowest BCUT2D eigenvalue weighted by molar-refractivity contribution is -0.137. The molecule has 1 rings (SSSR count). The molecule has 1 amide bonds. The van der Waals surface area contributed by atoms with Crippen LogP contribution in [0.4, 0.5) is 0 Å². The van der Waals surface area contributed by atoms with Gasteiger partial charge in [-0.3, -0.25) is 9.59 Å². The van der Waals surface area contributed by atoms with Gasteiger partial charge in [-0.25, -0.2) is 0 Å². The fraction of sp³-hybridized carbons (Fsp3) is 0.846. The summed E-state index contributed by atoms with van der Waals surface area (Å²) in [7, 11) is 0. The Balaban J connectivity index is 2.24. The molecule has 0 radical (unpaired) electrons. The van der Waals surface area contributed by atoms with Crippen LogP contribution in [0.3, 0.4) is 0 Å². The van der Waals surface area contributed by atoms with Gasteiger partial charge in [0.15, 0.2) is 0 Å². The van der Waals surface area contributed by atoms with Gasteiger partial charge in [0.25, 0.3) is 0 Å². The normalized spacial score (nSPS) is 24.6. The average molecular weight is 241 g/mol. The first-order chi connectivity index (χ1) is 8.00. The highest BCUT2D eigenvalue weighted by atomic mass is 16.4. The number of nitrogens with one attached hydrogen (secondary N) is 1. The molecule has 1 aliphatic carbocycles. The van der Waals surface area contributed by atoms with Crippen LogP contribution in [0.5, 0.6) is 0 Å². The first-order valence-electron chi connectivity index (χ1n) is 6.50. The molecular weight excluding hydrogens is 218 g/mol. The van der Waals surface area contributed by atoms with Crippen LogP contribution in [0.1, 0.15) is 46.0 Å². The van der Waals surface area contributed by atoms with E-state index in [4.69, 9.17) is 5.11 Å². The molecule has 0 unspecified atom stereocenters. The lowest BCUT2D eigenvalue weighted by atomic mass is 9.77. The Labute approximate surface area is 103 Å². The number of hydrogen-bond acceptors (Lipinski definition) is 2. The maximum Gasteiger partial charge on any atom is 0.305 e. The zero-order chi connectivity index (χ0) is 12.8. The van der Waals surface area contributed by atoms with E-state index < -0.39 is 5.97 Å². The molecule has 2 N–H and O–H groups in total. The topological polar surface area (TPSA) is 66.4 Å². The average Bonchev–Trinajstić information content (AvgIpc) is 2.28. The van der Waals surface area contributed by atoms with Crippen molar-refractivity contribution in [1.82, 2.24) is 5.32 Å². The SMILES string of the molecule is CC(C)C1CCC(C(=O)NCCC(=O)O)CC1. The summed E-state index contributed by atoms with van der Waals surface area (Å²) in [4.78, 5) is 22.1. The Hall–Kier alpha value is -1.06. The van der Waals surface area contributed by atoms with Gasteiger partial charge in [0.1, 0.15) is 0 Å². The summed E-state index contributed by atoms with van der Waals surface area (Å²) < 4.78 is 0. The second-order valence-corrected chi connectivity index (χ2v) is 5.29. The van der Waals surface area contributed by atoms with Crippen molar-refractivity contribution in [3.8, 4) is 0 Å². The molecule has 0 aromatic carbocycles. The minimum atomic E-state index is -0.867. The molecule has 4 nitrogen and oxygen atoms in total. The van der Waals surface area contributed by atoms with E-state index in [2.05, 4.69) is 19.2 Å². The number of rotatable bonds is 5. The molecule has 0 bridgehead atoms. The fourth-order valence-corrected chi connectivity index (χ4v) is 2.49. The van der Waals surface area contributed by atoms with E-state index in [1.54, 1.807) is 0 Å². The molecule has 17 heavy (non-hydrogen) atoms. The predicted octanol–water partition coefficient (Wildman–Crippen LogP) is 2.04. The highest BCUT2D eigenvalue weighted by Gasteiger charge is 2.27. The van der Waals surface area contributed by atoms with Gasteiger partial charge in [-0.1, -0.05) is 13.8 Å². The first kappa shape index (κ1) is 14.0. The Morgan fingerprint density at radius 2 is 1.82 bits per heavy atom. The van der Waals surface area contributed by atoms with E-state index in [1.807, 2.05) is 0 Å². The van der Waals surface area contributed by atoms with Crippen molar-refractivity contribution in [1.29, 1.82) is 0 Å². The molecule has 0 heterocycles. The summed E-state index contributed by atoms with van der Waals surface area (Å²) >= 11 is 0. The van der Waals surface area contributed by atoms with Crippen LogP contribution in [0.2, 0.25) is 0 Å². The molecule has 0 aromatic rings. The first-order valence-corrected chi connectivity index (χ1v) is 6.50. The van der Waals surface area contributed by atoms with Crippen LogP contribution >= 0.6 is 0 Å². The number of hydrogen-bond donors (Lipinski definition) is 2. The predicted molar refractivity (Wildman–Crippen MR) is 65.5 cm³/mol. The number of carbonyl (C=O) groups is 2. The van der Waals surface area contributed by atoms with Crippen LogP contribution < -0.4 is 5.32 Å². The van der Waals surface area contributed by atoms with Gasteiger partial charge >= 0.3 is 5.97 Å². The van der Waals surface area contributed by atoms with Gasteiger partial charge < -0.3 is 10.4 Å². The molecule has 0 saturated heterocycles. The van der Waals surface area contributed by atoms with Gasteiger partial charge in [0.05, 0.1) is 6.42 Å². The minimum Gasteiger partial charge on any atom is -0.481 e. The van der Waals surface area contributed by atoms with Crippen molar-refractivity contribution in [3.63, 3.8) is 0 Å². The van der Waals surface area contributed by atoms with Crippen molar-refractivity contribution in [2.45, 2.75) is 46.0 Å². The maximum atomic E-state index is 11.8. The quantitative estimate of drug-likeness (QED) is 0.774. The summed E-state index contributed by atoms with van der Waals surface area (Å²) in [6.07, 6.45) is 4.14. The number of carbonyl (C=O) groups excluding carboxylic acids is 1. The lowest BCUT2D eigenvalue weighted by Gasteiger charge is -2.30. The van der Waals surface area contributed by atoms with E-state index >= 15 is 0 Å². The largest absolute Gasteiger partial charge is 0.481 e. The summed E-state index contributed by atoms with van der Waals surface area (Å²) in [5.41, 5.74) is 0. The monoisotopic (exact) mass is 241 g/mol. The second-order valence-electron chi connectivity index (χ2n) is 5.29. The third-order valence-electron chi connectivity index (χ3n) is 3.72. The number of amides is 1. The number of carboxylic acids is 1. The van der Waals surface area contributed by atoms with Crippen LogP contribution in [0.25, 0.3) is 0 Å². The van der Waals surface area contributed by atoms with Gasteiger partial charge in [0.2, 0.25) is 5.91 Å². The molecule has 1 fully saturated rings. The Bertz CT molecular complexity index is 268. The zero-order valence-corrected chi connectivity index (χ0v) is 10.7. The van der Waals surface area contributed by atoms with Crippen molar-refractivity contribution < 1.29 is 14.7 Å².